The average molecular weight is 313 g/mol. The summed E-state index contributed by atoms with van der Waals surface area (Å²) in [6, 6.07) is 13.3. The van der Waals surface area contributed by atoms with Gasteiger partial charge in [0.25, 0.3) is 0 Å². The van der Waals surface area contributed by atoms with Crippen LogP contribution in [-0.2, 0) is 6.54 Å². The lowest BCUT2D eigenvalue weighted by atomic mass is 10.1. The van der Waals surface area contributed by atoms with Crippen molar-refractivity contribution in [3.8, 4) is 17.0 Å². The van der Waals surface area contributed by atoms with Crippen molar-refractivity contribution in [2.75, 3.05) is 24.7 Å². The highest BCUT2D eigenvalue weighted by molar-refractivity contribution is 6.01. The third kappa shape index (κ3) is 2.70. The van der Waals surface area contributed by atoms with E-state index in [2.05, 4.69) is 11.5 Å². The number of benzene rings is 2. The third-order valence-corrected chi connectivity index (χ3v) is 3.92. The first kappa shape index (κ1) is 15.2. The van der Waals surface area contributed by atoms with Crippen LogP contribution in [0.3, 0.4) is 0 Å². The fourth-order valence-corrected chi connectivity index (χ4v) is 2.88. The predicted octanol–water partition coefficient (Wildman–Crippen LogP) is 3.84. The molecule has 0 saturated carbocycles. The van der Waals surface area contributed by atoms with E-state index in [4.69, 9.17) is 16.2 Å². The second kappa shape index (κ2) is 6.20. The number of hydrogen-bond acceptors (Lipinski definition) is 3. The molecule has 0 fully saturated rings. The van der Waals surface area contributed by atoms with Gasteiger partial charge in [0.15, 0.2) is 0 Å². The molecule has 5 heteroatoms. The highest BCUT2D eigenvalue weighted by Gasteiger charge is 2.16. The Labute approximate surface area is 134 Å². The molecule has 3 aromatic rings. The van der Waals surface area contributed by atoms with Crippen molar-refractivity contribution in [1.29, 1.82) is 0 Å². The minimum absolute atomic E-state index is 0.0542. The van der Waals surface area contributed by atoms with Gasteiger partial charge in [-0.1, -0.05) is 12.1 Å². The maximum Gasteiger partial charge on any atom is 0.123 e. The fourth-order valence-electron chi connectivity index (χ4n) is 2.88. The van der Waals surface area contributed by atoms with Gasteiger partial charge in [-0.25, -0.2) is 4.39 Å². The fraction of sp³-hybridized carbons (Fsp3) is 0.222. The second-order valence-electron chi connectivity index (χ2n) is 5.34. The number of alkyl halides is 1. The predicted molar refractivity (Wildman–Crippen MR) is 93.3 cm³/mol. The molecule has 0 aliphatic heterocycles. The molecule has 0 saturated heterocycles. The van der Waals surface area contributed by atoms with Gasteiger partial charge in [-0.15, -0.1) is 0 Å². The summed E-state index contributed by atoms with van der Waals surface area (Å²) in [4.78, 5) is 0. The molecule has 0 radical (unpaired) electrons. The Morgan fingerprint density at radius 1 is 1.09 bits per heavy atom. The number of rotatable bonds is 5. The number of nitrogens with zero attached hydrogens (tertiary/aromatic N) is 1. The maximum absolute atomic E-state index is 12.3. The Hall–Kier alpha value is -2.69. The molecular weight excluding hydrogens is 293 g/mol. The van der Waals surface area contributed by atoms with E-state index in [1.54, 1.807) is 0 Å². The number of aromatic nitrogens is 1. The number of ether oxygens (including phenoxy) is 1. The molecule has 0 amide bonds. The van der Waals surface area contributed by atoms with Crippen LogP contribution in [0.4, 0.5) is 15.8 Å². The maximum atomic E-state index is 12.3. The van der Waals surface area contributed by atoms with Gasteiger partial charge in [-0.2, -0.15) is 0 Å². The zero-order valence-corrected chi connectivity index (χ0v) is 13.1. The van der Waals surface area contributed by atoms with Gasteiger partial charge < -0.3 is 20.8 Å². The minimum Gasteiger partial charge on any atom is -0.491 e. The summed E-state index contributed by atoms with van der Waals surface area (Å²) in [5.41, 5.74) is 16.6. The molecule has 120 valence electrons. The van der Waals surface area contributed by atoms with Crippen LogP contribution in [0.5, 0.6) is 5.75 Å². The van der Waals surface area contributed by atoms with Crippen molar-refractivity contribution in [2.45, 2.75) is 13.5 Å². The largest absolute Gasteiger partial charge is 0.491 e. The standard InChI is InChI=1S/C18H20FN3O/c1-2-22-16-11-14(23-10-9-19)7-8-15(16)17(21)18(22)12-3-5-13(20)6-4-12/h3-8,11H,2,9-10,20-21H2,1H3. The normalized spacial score (nSPS) is 11.0. The van der Waals surface area contributed by atoms with Gasteiger partial charge in [0.2, 0.25) is 0 Å². The SMILES string of the molecule is CCn1c(-c2ccc(N)cc2)c(N)c2ccc(OCCF)cc21. The van der Waals surface area contributed by atoms with Crippen LogP contribution in [0.25, 0.3) is 22.2 Å². The van der Waals surface area contributed by atoms with Crippen LogP contribution in [-0.4, -0.2) is 17.8 Å². The monoisotopic (exact) mass is 313 g/mol. The van der Waals surface area contributed by atoms with Crippen molar-refractivity contribution < 1.29 is 9.13 Å². The van der Waals surface area contributed by atoms with Crippen LogP contribution in [0, 0.1) is 0 Å². The second-order valence-corrected chi connectivity index (χ2v) is 5.34. The molecule has 1 aromatic heterocycles. The summed E-state index contributed by atoms with van der Waals surface area (Å²) in [5.74, 6) is 0.645. The van der Waals surface area contributed by atoms with Gasteiger partial charge in [0.1, 0.15) is 19.0 Å². The van der Waals surface area contributed by atoms with E-state index in [9.17, 15) is 4.39 Å². The van der Waals surface area contributed by atoms with Gasteiger partial charge in [0, 0.05) is 29.2 Å². The molecule has 1 heterocycles. The van der Waals surface area contributed by atoms with E-state index in [0.29, 0.717) is 11.4 Å². The van der Waals surface area contributed by atoms with Crippen molar-refractivity contribution >= 4 is 22.3 Å². The van der Waals surface area contributed by atoms with E-state index >= 15 is 0 Å². The summed E-state index contributed by atoms with van der Waals surface area (Å²) < 4.78 is 19.8. The molecule has 0 unspecified atom stereocenters. The van der Waals surface area contributed by atoms with E-state index in [1.807, 2.05) is 42.5 Å². The Morgan fingerprint density at radius 3 is 2.48 bits per heavy atom. The number of hydrogen-bond donors (Lipinski definition) is 2. The first-order chi connectivity index (χ1) is 11.2. The molecule has 23 heavy (non-hydrogen) atoms. The average Bonchev–Trinajstić information content (AvgIpc) is 2.85. The van der Waals surface area contributed by atoms with Crippen LogP contribution in [0.1, 0.15) is 6.92 Å². The Kier molecular flexibility index (Phi) is 4.10. The van der Waals surface area contributed by atoms with E-state index in [-0.39, 0.29) is 6.61 Å². The quantitative estimate of drug-likeness (QED) is 0.703. The van der Waals surface area contributed by atoms with Crippen molar-refractivity contribution in [2.24, 2.45) is 0 Å². The van der Waals surface area contributed by atoms with Crippen molar-refractivity contribution in [1.82, 2.24) is 4.57 Å². The molecule has 2 aromatic carbocycles. The molecule has 3 rings (SSSR count). The molecule has 0 aliphatic rings. The number of fused-ring (bicyclic) bond motifs is 1. The van der Waals surface area contributed by atoms with Crippen molar-refractivity contribution in [3.63, 3.8) is 0 Å². The van der Waals surface area contributed by atoms with Crippen LogP contribution >= 0.6 is 0 Å². The highest BCUT2D eigenvalue weighted by atomic mass is 19.1. The summed E-state index contributed by atoms with van der Waals surface area (Å²) in [6.07, 6.45) is 0. The zero-order valence-electron chi connectivity index (χ0n) is 13.1. The number of halogens is 1. The van der Waals surface area contributed by atoms with E-state index < -0.39 is 6.67 Å². The molecular formula is C18H20FN3O. The summed E-state index contributed by atoms with van der Waals surface area (Å²) in [7, 11) is 0. The molecule has 0 spiro atoms. The zero-order chi connectivity index (χ0) is 16.4. The smallest absolute Gasteiger partial charge is 0.123 e. The molecule has 4 N–H and O–H groups in total. The van der Waals surface area contributed by atoms with Crippen LogP contribution in [0.2, 0.25) is 0 Å². The number of aryl methyl sites for hydroxylation is 1. The summed E-state index contributed by atoms with van der Waals surface area (Å²) in [5, 5.41) is 0.964. The van der Waals surface area contributed by atoms with Gasteiger partial charge in [0.05, 0.1) is 16.9 Å². The van der Waals surface area contributed by atoms with Gasteiger partial charge >= 0.3 is 0 Å². The Morgan fingerprint density at radius 2 is 1.83 bits per heavy atom. The van der Waals surface area contributed by atoms with Gasteiger partial charge in [-0.3, -0.25) is 0 Å². The van der Waals surface area contributed by atoms with Gasteiger partial charge in [-0.05, 0) is 31.2 Å². The molecule has 4 nitrogen and oxygen atoms in total. The first-order valence-electron chi connectivity index (χ1n) is 7.62. The van der Waals surface area contributed by atoms with Crippen molar-refractivity contribution in [3.05, 3.63) is 42.5 Å². The Bertz CT molecular complexity index is 824. The molecule has 0 aliphatic carbocycles. The lowest BCUT2D eigenvalue weighted by Gasteiger charge is -2.10. The van der Waals surface area contributed by atoms with Crippen LogP contribution < -0.4 is 16.2 Å². The number of anilines is 2. The third-order valence-electron chi connectivity index (χ3n) is 3.92. The number of nitrogen functional groups attached to an aromatic ring is 2. The minimum atomic E-state index is -0.508. The Balaban J connectivity index is 2.17. The van der Waals surface area contributed by atoms with E-state index in [1.165, 1.54) is 0 Å². The lowest BCUT2D eigenvalue weighted by Crippen LogP contribution is -2.00. The summed E-state index contributed by atoms with van der Waals surface area (Å²) in [6.45, 7) is 2.37. The number of nitrogens with two attached hydrogens (primary N) is 2. The molecule has 0 bridgehead atoms. The van der Waals surface area contributed by atoms with Crippen LogP contribution in [0.15, 0.2) is 42.5 Å². The molecule has 0 atom stereocenters. The van der Waals surface area contributed by atoms with E-state index in [0.717, 1.165) is 34.4 Å². The first-order valence-corrected chi connectivity index (χ1v) is 7.62. The topological polar surface area (TPSA) is 66.2 Å². The summed E-state index contributed by atoms with van der Waals surface area (Å²) >= 11 is 0. The highest BCUT2D eigenvalue weighted by Crippen LogP contribution is 2.37. The lowest BCUT2D eigenvalue weighted by molar-refractivity contribution is 0.273.